The van der Waals surface area contributed by atoms with Gasteiger partial charge in [0.1, 0.15) is 17.8 Å². The van der Waals surface area contributed by atoms with Gasteiger partial charge in [-0.1, -0.05) is 37.5 Å². The number of aromatic nitrogens is 4. The first-order valence-corrected chi connectivity index (χ1v) is 10.5. The van der Waals surface area contributed by atoms with E-state index >= 15 is 0 Å². The number of para-hydroxylation sites is 1. The molecule has 2 heterocycles. The zero-order chi connectivity index (χ0) is 19.8. The van der Waals surface area contributed by atoms with Gasteiger partial charge in [-0.2, -0.15) is 5.10 Å². The van der Waals surface area contributed by atoms with Gasteiger partial charge in [0.2, 0.25) is 5.91 Å². The molecule has 2 fully saturated rings. The molecule has 1 aromatic carbocycles. The average Bonchev–Trinajstić information content (AvgIpc) is 3.50. The van der Waals surface area contributed by atoms with E-state index in [9.17, 15) is 9.59 Å². The van der Waals surface area contributed by atoms with Gasteiger partial charge >= 0.3 is 0 Å². The Morgan fingerprint density at radius 3 is 2.55 bits per heavy atom. The maximum atomic E-state index is 13.2. The van der Waals surface area contributed by atoms with Crippen LogP contribution < -0.4 is 10.9 Å². The Bertz CT molecular complexity index is 1090. The van der Waals surface area contributed by atoms with Crippen LogP contribution in [0.4, 0.5) is 0 Å². The number of carbonyl (C=O) groups is 1. The maximum Gasteiger partial charge on any atom is 0.265 e. The molecule has 2 aromatic heterocycles. The van der Waals surface area contributed by atoms with E-state index in [4.69, 9.17) is 4.98 Å². The molecule has 0 aliphatic heterocycles. The lowest BCUT2D eigenvalue weighted by Crippen LogP contribution is -2.40. The van der Waals surface area contributed by atoms with Crippen LogP contribution >= 0.6 is 0 Å². The molecular weight excluding hydrogens is 366 g/mol. The van der Waals surface area contributed by atoms with Crippen LogP contribution in [0.1, 0.15) is 56.7 Å². The second-order valence-electron chi connectivity index (χ2n) is 8.17. The van der Waals surface area contributed by atoms with Gasteiger partial charge in [0.05, 0.1) is 11.9 Å². The number of hydrogen-bond donors (Lipinski definition) is 1. The van der Waals surface area contributed by atoms with Crippen molar-refractivity contribution in [2.24, 2.45) is 0 Å². The summed E-state index contributed by atoms with van der Waals surface area (Å²) in [6.45, 7) is 0.0284. The molecule has 2 aliphatic carbocycles. The third-order valence-electron chi connectivity index (χ3n) is 5.93. The molecule has 2 aliphatic rings. The van der Waals surface area contributed by atoms with Crippen molar-refractivity contribution < 1.29 is 4.79 Å². The summed E-state index contributed by atoms with van der Waals surface area (Å²) in [5.41, 5.74) is 1.24. The van der Waals surface area contributed by atoms with Crippen molar-refractivity contribution >= 4 is 16.9 Å². The van der Waals surface area contributed by atoms with Gasteiger partial charge in [0.15, 0.2) is 5.65 Å². The second kappa shape index (κ2) is 7.46. The zero-order valence-electron chi connectivity index (χ0n) is 16.4. The molecule has 29 heavy (non-hydrogen) atoms. The molecule has 1 N–H and O–H groups in total. The maximum absolute atomic E-state index is 13.2. The SMILES string of the molecule is O=C(Cn1c(C2CC2)nc2c(cnn2-c2ccccc2)c1=O)NC1CCCCC1. The van der Waals surface area contributed by atoms with Gasteiger partial charge in [0, 0.05) is 12.0 Å². The predicted octanol–water partition coefficient (Wildman–Crippen LogP) is 2.91. The minimum Gasteiger partial charge on any atom is -0.352 e. The van der Waals surface area contributed by atoms with Crippen LogP contribution in [0.25, 0.3) is 16.7 Å². The Balaban J connectivity index is 1.50. The Morgan fingerprint density at radius 1 is 1.07 bits per heavy atom. The standard InChI is InChI=1S/C22H25N5O2/c28-19(24-16-7-3-1-4-8-16)14-26-20(15-11-12-15)25-21-18(22(26)29)13-23-27(21)17-9-5-2-6-10-17/h2,5-6,9-10,13,15-16H,1,3-4,7-8,11-12,14H2,(H,24,28). The highest BCUT2D eigenvalue weighted by atomic mass is 16.2. The van der Waals surface area contributed by atoms with Crippen LogP contribution in [0.5, 0.6) is 0 Å². The summed E-state index contributed by atoms with van der Waals surface area (Å²) in [7, 11) is 0. The Labute approximate surface area is 168 Å². The average molecular weight is 391 g/mol. The molecule has 5 rings (SSSR count). The molecule has 150 valence electrons. The summed E-state index contributed by atoms with van der Waals surface area (Å²) in [5, 5.41) is 7.96. The van der Waals surface area contributed by atoms with Crippen molar-refractivity contribution in [2.45, 2.75) is 63.5 Å². The van der Waals surface area contributed by atoms with Gasteiger partial charge in [-0.3, -0.25) is 14.2 Å². The Morgan fingerprint density at radius 2 is 1.83 bits per heavy atom. The van der Waals surface area contributed by atoms with E-state index in [0.29, 0.717) is 16.9 Å². The number of rotatable bonds is 5. The fraction of sp³-hybridized carbons (Fsp3) is 0.455. The highest BCUT2D eigenvalue weighted by Gasteiger charge is 2.31. The summed E-state index contributed by atoms with van der Waals surface area (Å²) in [6.07, 6.45) is 9.17. The van der Waals surface area contributed by atoms with Crippen molar-refractivity contribution in [3.05, 3.63) is 52.7 Å². The molecule has 0 spiro atoms. The van der Waals surface area contributed by atoms with E-state index in [0.717, 1.165) is 44.2 Å². The van der Waals surface area contributed by atoms with E-state index in [1.165, 1.54) is 6.42 Å². The van der Waals surface area contributed by atoms with Crippen LogP contribution in [0.2, 0.25) is 0 Å². The summed E-state index contributed by atoms with van der Waals surface area (Å²) >= 11 is 0. The first kappa shape index (κ1) is 18.1. The number of nitrogens with one attached hydrogen (secondary N) is 1. The van der Waals surface area contributed by atoms with Crippen molar-refractivity contribution in [3.63, 3.8) is 0 Å². The zero-order valence-corrected chi connectivity index (χ0v) is 16.4. The predicted molar refractivity (Wildman–Crippen MR) is 110 cm³/mol. The van der Waals surface area contributed by atoms with Crippen LogP contribution in [0.15, 0.2) is 41.3 Å². The molecule has 7 heteroatoms. The van der Waals surface area contributed by atoms with Gasteiger partial charge < -0.3 is 5.32 Å². The summed E-state index contributed by atoms with van der Waals surface area (Å²) in [5.74, 6) is 0.852. The first-order valence-electron chi connectivity index (χ1n) is 10.5. The molecule has 1 amide bonds. The molecule has 2 saturated carbocycles. The van der Waals surface area contributed by atoms with Crippen molar-refractivity contribution in [3.8, 4) is 5.69 Å². The number of hydrogen-bond acceptors (Lipinski definition) is 4. The van der Waals surface area contributed by atoms with Gasteiger partial charge in [-0.25, -0.2) is 9.67 Å². The lowest BCUT2D eigenvalue weighted by atomic mass is 9.95. The number of nitrogens with zero attached hydrogens (tertiary/aromatic N) is 4. The van der Waals surface area contributed by atoms with E-state index in [1.54, 1.807) is 15.4 Å². The molecule has 0 atom stereocenters. The topological polar surface area (TPSA) is 81.8 Å². The lowest BCUT2D eigenvalue weighted by Gasteiger charge is -2.23. The fourth-order valence-electron chi connectivity index (χ4n) is 4.25. The van der Waals surface area contributed by atoms with Crippen molar-refractivity contribution in [1.29, 1.82) is 0 Å². The van der Waals surface area contributed by atoms with E-state index in [2.05, 4.69) is 10.4 Å². The summed E-state index contributed by atoms with van der Waals surface area (Å²) < 4.78 is 3.27. The van der Waals surface area contributed by atoms with Crippen molar-refractivity contribution in [1.82, 2.24) is 24.6 Å². The summed E-state index contributed by atoms with van der Waals surface area (Å²) in [4.78, 5) is 30.7. The van der Waals surface area contributed by atoms with Gasteiger partial charge in [-0.05, 0) is 37.8 Å². The Hall–Kier alpha value is -2.96. The molecule has 0 radical (unpaired) electrons. The quantitative estimate of drug-likeness (QED) is 0.725. The molecule has 0 unspecified atom stereocenters. The number of fused-ring (bicyclic) bond motifs is 1. The molecule has 0 bridgehead atoms. The Kier molecular flexibility index (Phi) is 4.66. The van der Waals surface area contributed by atoms with E-state index in [-0.39, 0.29) is 30.0 Å². The van der Waals surface area contributed by atoms with Crippen molar-refractivity contribution in [2.75, 3.05) is 0 Å². The third kappa shape index (κ3) is 3.57. The van der Waals surface area contributed by atoms with E-state index < -0.39 is 0 Å². The fourth-order valence-corrected chi connectivity index (χ4v) is 4.25. The number of carbonyl (C=O) groups excluding carboxylic acids is 1. The lowest BCUT2D eigenvalue weighted by molar-refractivity contribution is -0.122. The normalized spacial score (nSPS) is 17.5. The van der Waals surface area contributed by atoms with Crippen LogP contribution in [-0.2, 0) is 11.3 Å². The number of benzene rings is 1. The molecule has 0 saturated heterocycles. The van der Waals surface area contributed by atoms with Crippen LogP contribution in [-0.4, -0.2) is 31.3 Å². The molecule has 7 nitrogen and oxygen atoms in total. The minimum absolute atomic E-state index is 0.0284. The number of amides is 1. The van der Waals surface area contributed by atoms with E-state index in [1.807, 2.05) is 30.3 Å². The summed E-state index contributed by atoms with van der Waals surface area (Å²) in [6, 6.07) is 9.91. The van der Waals surface area contributed by atoms with Crippen LogP contribution in [0, 0.1) is 0 Å². The third-order valence-corrected chi connectivity index (χ3v) is 5.93. The minimum atomic E-state index is -0.183. The first-order chi connectivity index (χ1) is 14.2. The van der Waals surface area contributed by atoms with Gasteiger partial charge in [-0.15, -0.1) is 0 Å². The highest BCUT2D eigenvalue weighted by Crippen LogP contribution is 2.39. The second-order valence-corrected chi connectivity index (χ2v) is 8.17. The monoisotopic (exact) mass is 391 g/mol. The molecule has 3 aromatic rings. The highest BCUT2D eigenvalue weighted by molar-refractivity contribution is 5.78. The van der Waals surface area contributed by atoms with Crippen LogP contribution in [0.3, 0.4) is 0 Å². The largest absolute Gasteiger partial charge is 0.352 e. The molecular formula is C22H25N5O2. The smallest absolute Gasteiger partial charge is 0.265 e. The van der Waals surface area contributed by atoms with Gasteiger partial charge in [0.25, 0.3) is 5.56 Å².